The van der Waals surface area contributed by atoms with Crippen molar-refractivity contribution < 1.29 is 9.18 Å². The van der Waals surface area contributed by atoms with E-state index in [0.717, 1.165) is 6.42 Å². The molecule has 1 amide bonds. The molecule has 1 unspecified atom stereocenters. The Labute approximate surface area is 109 Å². The Balaban J connectivity index is 2.86. The highest BCUT2D eigenvalue weighted by atomic mass is 19.1. The van der Waals surface area contributed by atoms with E-state index in [9.17, 15) is 9.18 Å². The molecule has 0 aliphatic heterocycles. The fraction of sp³-hybridized carbons (Fsp3) is 0.533. The van der Waals surface area contributed by atoms with Crippen LogP contribution in [0.4, 0.5) is 4.39 Å². The summed E-state index contributed by atoms with van der Waals surface area (Å²) < 4.78 is 13.0. The van der Waals surface area contributed by atoms with Gasteiger partial charge in [-0.3, -0.25) is 4.79 Å². The van der Waals surface area contributed by atoms with E-state index in [0.29, 0.717) is 17.0 Å². The summed E-state index contributed by atoms with van der Waals surface area (Å²) in [6, 6.07) is 4.47. The van der Waals surface area contributed by atoms with Gasteiger partial charge in [-0.05, 0) is 49.9 Å². The predicted octanol–water partition coefficient (Wildman–Crippen LogP) is 3.64. The van der Waals surface area contributed by atoms with Gasteiger partial charge >= 0.3 is 0 Å². The SMILES string of the molecule is Cc1cc(F)ccc1C(=O)N(C)C(C)CC(C)C. The van der Waals surface area contributed by atoms with Crippen molar-refractivity contribution in [3.8, 4) is 0 Å². The first kappa shape index (κ1) is 14.7. The van der Waals surface area contributed by atoms with E-state index >= 15 is 0 Å². The molecule has 1 aromatic rings. The molecule has 3 heteroatoms. The van der Waals surface area contributed by atoms with E-state index in [4.69, 9.17) is 0 Å². The van der Waals surface area contributed by atoms with Gasteiger partial charge < -0.3 is 4.90 Å². The molecule has 0 fully saturated rings. The monoisotopic (exact) mass is 251 g/mol. The topological polar surface area (TPSA) is 20.3 Å². The molecule has 0 aliphatic rings. The van der Waals surface area contributed by atoms with Crippen molar-refractivity contribution in [1.29, 1.82) is 0 Å². The highest BCUT2D eigenvalue weighted by molar-refractivity contribution is 5.95. The lowest BCUT2D eigenvalue weighted by Gasteiger charge is -2.27. The maximum Gasteiger partial charge on any atom is 0.254 e. The molecule has 0 N–H and O–H groups in total. The summed E-state index contributed by atoms with van der Waals surface area (Å²) in [7, 11) is 1.80. The average Bonchev–Trinajstić information content (AvgIpc) is 2.26. The third-order valence-electron chi connectivity index (χ3n) is 3.21. The van der Waals surface area contributed by atoms with Crippen LogP contribution < -0.4 is 0 Å². The van der Waals surface area contributed by atoms with Crippen LogP contribution >= 0.6 is 0 Å². The molecule has 1 rings (SSSR count). The third kappa shape index (κ3) is 3.56. The van der Waals surface area contributed by atoms with Gasteiger partial charge in [0.1, 0.15) is 5.82 Å². The predicted molar refractivity (Wildman–Crippen MR) is 72.1 cm³/mol. The van der Waals surface area contributed by atoms with Crippen molar-refractivity contribution in [1.82, 2.24) is 4.90 Å². The van der Waals surface area contributed by atoms with E-state index < -0.39 is 0 Å². The zero-order valence-electron chi connectivity index (χ0n) is 11.8. The van der Waals surface area contributed by atoms with Gasteiger partial charge in [-0.2, -0.15) is 0 Å². The molecule has 18 heavy (non-hydrogen) atoms. The Morgan fingerprint density at radius 3 is 2.44 bits per heavy atom. The van der Waals surface area contributed by atoms with Crippen molar-refractivity contribution in [3.63, 3.8) is 0 Å². The minimum atomic E-state index is -0.304. The van der Waals surface area contributed by atoms with Crippen LogP contribution in [0.1, 0.15) is 43.1 Å². The summed E-state index contributed by atoms with van der Waals surface area (Å²) >= 11 is 0. The Hall–Kier alpha value is -1.38. The number of amides is 1. The minimum absolute atomic E-state index is 0.0411. The summed E-state index contributed by atoms with van der Waals surface area (Å²) in [4.78, 5) is 14.0. The lowest BCUT2D eigenvalue weighted by molar-refractivity contribution is 0.0727. The van der Waals surface area contributed by atoms with Gasteiger partial charge in [0.15, 0.2) is 0 Å². The minimum Gasteiger partial charge on any atom is -0.339 e. The molecule has 0 radical (unpaired) electrons. The van der Waals surface area contributed by atoms with E-state index in [2.05, 4.69) is 13.8 Å². The Bertz CT molecular complexity index is 429. The van der Waals surface area contributed by atoms with Crippen molar-refractivity contribution in [2.45, 2.75) is 40.2 Å². The molecule has 1 atom stereocenters. The van der Waals surface area contributed by atoms with Gasteiger partial charge in [-0.15, -0.1) is 0 Å². The first-order chi connectivity index (χ1) is 8.32. The van der Waals surface area contributed by atoms with Gasteiger partial charge in [-0.1, -0.05) is 13.8 Å². The fourth-order valence-electron chi connectivity index (χ4n) is 2.10. The highest BCUT2D eigenvalue weighted by Gasteiger charge is 2.19. The van der Waals surface area contributed by atoms with Gasteiger partial charge in [0.05, 0.1) is 0 Å². The van der Waals surface area contributed by atoms with Crippen molar-refractivity contribution in [2.75, 3.05) is 7.05 Å². The molecule has 0 aromatic heterocycles. The van der Waals surface area contributed by atoms with E-state index in [1.54, 1.807) is 24.9 Å². The van der Waals surface area contributed by atoms with Crippen LogP contribution in [0.2, 0.25) is 0 Å². The largest absolute Gasteiger partial charge is 0.339 e. The van der Waals surface area contributed by atoms with E-state index in [1.165, 1.54) is 12.1 Å². The second-order valence-corrected chi connectivity index (χ2v) is 5.35. The Morgan fingerprint density at radius 2 is 1.94 bits per heavy atom. The molecular weight excluding hydrogens is 229 g/mol. The van der Waals surface area contributed by atoms with E-state index in [-0.39, 0.29) is 17.8 Å². The zero-order chi connectivity index (χ0) is 13.9. The number of rotatable bonds is 4. The molecule has 1 aromatic carbocycles. The maximum atomic E-state index is 13.0. The molecule has 100 valence electrons. The fourth-order valence-corrected chi connectivity index (χ4v) is 2.10. The summed E-state index contributed by atoms with van der Waals surface area (Å²) in [5.41, 5.74) is 1.26. The van der Waals surface area contributed by atoms with Gasteiger partial charge in [0.25, 0.3) is 5.91 Å². The molecule has 2 nitrogen and oxygen atoms in total. The number of nitrogens with zero attached hydrogens (tertiary/aromatic N) is 1. The molecule has 0 saturated heterocycles. The summed E-state index contributed by atoms with van der Waals surface area (Å²) in [5, 5.41) is 0. The number of hydrogen-bond donors (Lipinski definition) is 0. The smallest absolute Gasteiger partial charge is 0.254 e. The Kier molecular flexibility index (Phi) is 4.88. The molecule has 0 saturated carbocycles. The average molecular weight is 251 g/mol. The van der Waals surface area contributed by atoms with Gasteiger partial charge in [-0.25, -0.2) is 4.39 Å². The first-order valence-electron chi connectivity index (χ1n) is 6.36. The van der Waals surface area contributed by atoms with Crippen LogP contribution in [-0.4, -0.2) is 23.9 Å². The van der Waals surface area contributed by atoms with Crippen LogP contribution in [0.15, 0.2) is 18.2 Å². The van der Waals surface area contributed by atoms with Crippen molar-refractivity contribution >= 4 is 5.91 Å². The third-order valence-corrected chi connectivity index (χ3v) is 3.21. The maximum absolute atomic E-state index is 13.0. The molecule has 0 bridgehead atoms. The zero-order valence-corrected chi connectivity index (χ0v) is 11.8. The second kappa shape index (κ2) is 5.98. The number of hydrogen-bond acceptors (Lipinski definition) is 1. The van der Waals surface area contributed by atoms with Crippen molar-refractivity contribution in [2.24, 2.45) is 5.92 Å². The standard InChI is InChI=1S/C15H22FNO/c1-10(2)8-12(4)17(5)15(18)14-7-6-13(16)9-11(14)3/h6-7,9-10,12H,8H2,1-5H3. The van der Waals surface area contributed by atoms with Crippen molar-refractivity contribution in [3.05, 3.63) is 35.1 Å². The lowest BCUT2D eigenvalue weighted by atomic mass is 10.0. The van der Waals surface area contributed by atoms with Gasteiger partial charge in [0, 0.05) is 18.7 Å². The van der Waals surface area contributed by atoms with Crippen LogP contribution in [0, 0.1) is 18.7 Å². The quantitative estimate of drug-likeness (QED) is 0.800. The molecule has 0 aliphatic carbocycles. The highest BCUT2D eigenvalue weighted by Crippen LogP contribution is 2.16. The van der Waals surface area contributed by atoms with Crippen LogP contribution in [-0.2, 0) is 0 Å². The van der Waals surface area contributed by atoms with E-state index in [1.807, 2.05) is 6.92 Å². The normalized spacial score (nSPS) is 12.6. The van der Waals surface area contributed by atoms with Crippen LogP contribution in [0.3, 0.4) is 0 Å². The molecule has 0 spiro atoms. The number of halogens is 1. The lowest BCUT2D eigenvalue weighted by Crippen LogP contribution is -2.36. The van der Waals surface area contributed by atoms with Gasteiger partial charge in [0.2, 0.25) is 0 Å². The second-order valence-electron chi connectivity index (χ2n) is 5.35. The number of aryl methyl sites for hydroxylation is 1. The van der Waals surface area contributed by atoms with Crippen LogP contribution in [0.5, 0.6) is 0 Å². The first-order valence-corrected chi connectivity index (χ1v) is 6.36. The van der Waals surface area contributed by atoms with Crippen LogP contribution in [0.25, 0.3) is 0 Å². The number of carbonyl (C=O) groups excluding carboxylic acids is 1. The number of carbonyl (C=O) groups is 1. The summed E-state index contributed by atoms with van der Waals surface area (Å²) in [6.45, 7) is 8.07. The number of benzene rings is 1. The summed E-state index contributed by atoms with van der Waals surface area (Å²) in [5.74, 6) is 0.201. The Morgan fingerprint density at radius 1 is 1.33 bits per heavy atom. The molecule has 0 heterocycles. The summed E-state index contributed by atoms with van der Waals surface area (Å²) in [6.07, 6.45) is 0.961. The molecular formula is C15H22FNO.